The number of thioether (sulfide) groups is 1. The zero-order valence-corrected chi connectivity index (χ0v) is 7.45. The summed E-state index contributed by atoms with van der Waals surface area (Å²) in [7, 11) is 0. The fourth-order valence-corrected chi connectivity index (χ4v) is 1.02. The molecule has 0 aromatic rings. The number of hydrogen-bond acceptors (Lipinski definition) is 2. The van der Waals surface area contributed by atoms with Crippen LogP contribution in [-0.4, -0.2) is 0 Å². The Morgan fingerprint density at radius 2 is 2.30 bits per heavy atom. The minimum Gasteiger partial charge on any atom is -0.402 e. The number of nitrogens with two attached hydrogens (primary N) is 1. The summed E-state index contributed by atoms with van der Waals surface area (Å²) in [5.74, 6) is 0.640. The molecule has 0 heterocycles. The Kier molecular flexibility index (Phi) is 5.22. The van der Waals surface area contributed by atoms with Crippen molar-refractivity contribution in [2.75, 3.05) is 0 Å². The molecule has 0 aliphatic rings. The fourth-order valence-electron chi connectivity index (χ4n) is 0.655. The van der Waals surface area contributed by atoms with Crippen molar-refractivity contribution >= 4 is 11.8 Å². The molecule has 58 valence electrons. The normalized spacial score (nSPS) is 12.1. The molecule has 0 bridgehead atoms. The van der Waals surface area contributed by atoms with E-state index >= 15 is 0 Å². The monoisotopic (exact) mass is 157 g/mol. The van der Waals surface area contributed by atoms with Gasteiger partial charge in [0.2, 0.25) is 0 Å². The van der Waals surface area contributed by atoms with Gasteiger partial charge in [0.15, 0.2) is 0 Å². The summed E-state index contributed by atoms with van der Waals surface area (Å²) in [6.07, 6.45) is 0.973. The molecule has 0 spiro atoms. The minimum atomic E-state index is 0.640. The lowest BCUT2D eigenvalue weighted by atomic mass is 10.1. The lowest BCUT2D eigenvalue weighted by Crippen LogP contribution is -2.00. The smallest absolute Gasteiger partial charge is 0.0150 e. The second-order valence-corrected chi connectivity index (χ2v) is 3.43. The van der Waals surface area contributed by atoms with Crippen LogP contribution in [-0.2, 0) is 0 Å². The Labute approximate surface area is 67.4 Å². The molecule has 0 saturated carbocycles. The predicted octanol–water partition coefficient (Wildman–Crippen LogP) is 2.71. The van der Waals surface area contributed by atoms with Crippen LogP contribution in [0.3, 0.4) is 0 Å². The van der Waals surface area contributed by atoms with E-state index in [1.165, 1.54) is 11.8 Å². The highest BCUT2D eigenvalue weighted by Gasteiger charge is 1.94. The van der Waals surface area contributed by atoms with Gasteiger partial charge < -0.3 is 5.73 Å². The van der Waals surface area contributed by atoms with Crippen LogP contribution in [0.1, 0.15) is 20.3 Å². The van der Waals surface area contributed by atoms with Crippen LogP contribution in [0.4, 0.5) is 0 Å². The van der Waals surface area contributed by atoms with Crippen molar-refractivity contribution in [2.24, 2.45) is 11.7 Å². The van der Waals surface area contributed by atoms with Crippen molar-refractivity contribution in [1.29, 1.82) is 0 Å². The van der Waals surface area contributed by atoms with Gasteiger partial charge in [-0.25, -0.2) is 0 Å². The molecule has 0 aromatic heterocycles. The second kappa shape index (κ2) is 5.42. The van der Waals surface area contributed by atoms with E-state index in [0.29, 0.717) is 5.92 Å². The lowest BCUT2D eigenvalue weighted by molar-refractivity contribution is 0.639. The highest BCUT2D eigenvalue weighted by molar-refractivity contribution is 8.04. The van der Waals surface area contributed by atoms with Crippen LogP contribution < -0.4 is 5.73 Å². The zero-order chi connectivity index (χ0) is 7.98. The van der Waals surface area contributed by atoms with Gasteiger partial charge in [0.05, 0.1) is 0 Å². The third-order valence-corrected chi connectivity index (χ3v) is 1.59. The molecule has 0 aliphatic heterocycles. The van der Waals surface area contributed by atoms with Gasteiger partial charge in [0.25, 0.3) is 0 Å². The average Bonchev–Trinajstić information content (AvgIpc) is 1.82. The minimum absolute atomic E-state index is 0.640. The predicted molar refractivity (Wildman–Crippen MR) is 49.5 cm³/mol. The molecule has 0 fully saturated rings. The summed E-state index contributed by atoms with van der Waals surface area (Å²) in [6, 6.07) is 0. The summed E-state index contributed by atoms with van der Waals surface area (Å²) in [5.41, 5.74) is 6.60. The highest BCUT2D eigenvalue weighted by Crippen LogP contribution is 2.10. The van der Waals surface area contributed by atoms with Gasteiger partial charge >= 0.3 is 0 Å². The third kappa shape index (κ3) is 5.76. The summed E-state index contributed by atoms with van der Waals surface area (Å²) in [4.78, 5) is 0. The van der Waals surface area contributed by atoms with Crippen molar-refractivity contribution in [1.82, 2.24) is 0 Å². The third-order valence-electron chi connectivity index (χ3n) is 0.960. The maximum Gasteiger partial charge on any atom is 0.0150 e. The van der Waals surface area contributed by atoms with Gasteiger partial charge in [-0.2, -0.15) is 0 Å². The topological polar surface area (TPSA) is 26.0 Å². The molecule has 0 atom stereocenters. The Morgan fingerprint density at radius 1 is 1.70 bits per heavy atom. The maximum atomic E-state index is 5.65. The molecule has 0 aromatic carbocycles. The van der Waals surface area contributed by atoms with Crippen molar-refractivity contribution in [3.8, 4) is 0 Å². The van der Waals surface area contributed by atoms with Crippen LogP contribution in [0, 0.1) is 5.92 Å². The van der Waals surface area contributed by atoms with Crippen LogP contribution in [0.5, 0.6) is 0 Å². The Balaban J connectivity index is 3.59. The molecule has 0 amide bonds. The largest absolute Gasteiger partial charge is 0.402 e. The van der Waals surface area contributed by atoms with Crippen LogP contribution in [0.25, 0.3) is 0 Å². The summed E-state index contributed by atoms with van der Waals surface area (Å²) in [5, 5.41) is 3.71. The van der Waals surface area contributed by atoms with Gasteiger partial charge in [-0.3, -0.25) is 0 Å². The first-order valence-electron chi connectivity index (χ1n) is 3.37. The quantitative estimate of drug-likeness (QED) is 0.679. The van der Waals surface area contributed by atoms with E-state index in [1.807, 2.05) is 5.41 Å². The number of allylic oxidation sites excluding steroid dienone is 1. The standard InChI is InChI=1S/C8H15NS/c1-4-10-6-8(9)5-7(2)3/h4,6-7H,1,5,9H2,2-3H3/b8-6-. The number of hydrogen-bond donors (Lipinski definition) is 1. The molecule has 0 saturated heterocycles. The van der Waals surface area contributed by atoms with Crippen molar-refractivity contribution in [3.05, 3.63) is 23.1 Å². The summed E-state index contributed by atoms with van der Waals surface area (Å²) in [6.45, 7) is 7.88. The van der Waals surface area contributed by atoms with E-state index in [1.54, 1.807) is 5.41 Å². The first-order chi connectivity index (χ1) is 4.66. The maximum absolute atomic E-state index is 5.65. The van der Waals surface area contributed by atoms with Crippen molar-refractivity contribution in [2.45, 2.75) is 20.3 Å². The van der Waals surface area contributed by atoms with Gasteiger partial charge in [-0.1, -0.05) is 20.4 Å². The van der Waals surface area contributed by atoms with E-state index in [4.69, 9.17) is 5.73 Å². The van der Waals surface area contributed by atoms with E-state index < -0.39 is 0 Å². The molecule has 0 rings (SSSR count). The van der Waals surface area contributed by atoms with Crippen LogP contribution in [0.2, 0.25) is 0 Å². The van der Waals surface area contributed by atoms with Gasteiger partial charge in [-0.15, -0.1) is 11.8 Å². The SMILES string of the molecule is C=CS/C=C(\N)CC(C)C. The van der Waals surface area contributed by atoms with Crippen molar-refractivity contribution in [3.63, 3.8) is 0 Å². The molecular weight excluding hydrogens is 142 g/mol. The first-order valence-corrected chi connectivity index (χ1v) is 4.32. The molecule has 10 heavy (non-hydrogen) atoms. The first kappa shape index (κ1) is 9.63. The Bertz CT molecular complexity index is 127. The average molecular weight is 157 g/mol. The highest BCUT2D eigenvalue weighted by atomic mass is 32.2. The number of rotatable bonds is 4. The molecule has 1 nitrogen and oxygen atoms in total. The Hall–Kier alpha value is -0.370. The van der Waals surface area contributed by atoms with Crippen LogP contribution in [0.15, 0.2) is 23.1 Å². The Morgan fingerprint density at radius 3 is 2.70 bits per heavy atom. The molecule has 2 heteroatoms. The van der Waals surface area contributed by atoms with Crippen molar-refractivity contribution < 1.29 is 0 Å². The van der Waals surface area contributed by atoms with E-state index in [-0.39, 0.29) is 0 Å². The zero-order valence-electron chi connectivity index (χ0n) is 6.63. The second-order valence-electron chi connectivity index (χ2n) is 2.59. The summed E-state index contributed by atoms with van der Waals surface area (Å²) < 4.78 is 0. The molecule has 2 N–H and O–H groups in total. The van der Waals surface area contributed by atoms with E-state index in [2.05, 4.69) is 20.4 Å². The van der Waals surface area contributed by atoms with Gasteiger partial charge in [0.1, 0.15) is 0 Å². The molecule has 0 aliphatic carbocycles. The molecular formula is C8H15NS. The van der Waals surface area contributed by atoms with E-state index in [0.717, 1.165) is 12.1 Å². The summed E-state index contributed by atoms with van der Waals surface area (Å²) >= 11 is 1.54. The molecule has 0 radical (unpaired) electrons. The molecule has 0 unspecified atom stereocenters. The fraction of sp³-hybridized carbons (Fsp3) is 0.500. The lowest BCUT2D eigenvalue weighted by Gasteiger charge is -2.02. The van der Waals surface area contributed by atoms with Gasteiger partial charge in [0, 0.05) is 5.70 Å². The van der Waals surface area contributed by atoms with Gasteiger partial charge in [-0.05, 0) is 23.2 Å². The van der Waals surface area contributed by atoms with E-state index in [9.17, 15) is 0 Å². The van der Waals surface area contributed by atoms with Crippen LogP contribution >= 0.6 is 11.8 Å².